The standard InChI is InChI=1S/C13H18N4O/c1-8(7-9-3-4-9)17-12-10(15-13(17)14)5-6-11(16-12)18-2/h5-6,8-9H,3-4,7H2,1-2H3,(H2,14,15). The van der Waals surface area contributed by atoms with Crippen LogP contribution in [0.3, 0.4) is 0 Å². The van der Waals surface area contributed by atoms with E-state index in [2.05, 4.69) is 16.9 Å². The van der Waals surface area contributed by atoms with Gasteiger partial charge in [0.2, 0.25) is 11.8 Å². The predicted octanol–water partition coefficient (Wildman–Crippen LogP) is 2.38. The zero-order valence-electron chi connectivity index (χ0n) is 10.8. The lowest BCUT2D eigenvalue weighted by Crippen LogP contribution is -2.10. The van der Waals surface area contributed by atoms with Crippen molar-refractivity contribution in [3.8, 4) is 5.88 Å². The molecule has 2 heterocycles. The Labute approximate surface area is 106 Å². The van der Waals surface area contributed by atoms with E-state index >= 15 is 0 Å². The number of hydrogen-bond acceptors (Lipinski definition) is 4. The molecule has 0 radical (unpaired) electrons. The smallest absolute Gasteiger partial charge is 0.215 e. The highest BCUT2D eigenvalue weighted by Crippen LogP contribution is 2.38. The third-order valence-electron chi connectivity index (χ3n) is 3.56. The minimum Gasteiger partial charge on any atom is -0.481 e. The lowest BCUT2D eigenvalue weighted by Gasteiger charge is -2.15. The van der Waals surface area contributed by atoms with E-state index in [0.29, 0.717) is 17.9 Å². The fourth-order valence-electron chi connectivity index (χ4n) is 2.46. The molecule has 18 heavy (non-hydrogen) atoms. The topological polar surface area (TPSA) is 66.0 Å². The molecule has 5 heteroatoms. The zero-order valence-corrected chi connectivity index (χ0v) is 10.8. The summed E-state index contributed by atoms with van der Waals surface area (Å²) in [6, 6.07) is 4.05. The molecule has 1 saturated carbocycles. The molecule has 2 N–H and O–H groups in total. The number of rotatable bonds is 4. The van der Waals surface area contributed by atoms with Crippen LogP contribution in [-0.2, 0) is 0 Å². The van der Waals surface area contributed by atoms with E-state index < -0.39 is 0 Å². The Hall–Kier alpha value is -1.78. The molecule has 0 spiro atoms. The third-order valence-corrected chi connectivity index (χ3v) is 3.56. The maximum Gasteiger partial charge on any atom is 0.215 e. The molecule has 5 nitrogen and oxygen atoms in total. The van der Waals surface area contributed by atoms with Crippen LogP contribution in [0.4, 0.5) is 5.95 Å². The summed E-state index contributed by atoms with van der Waals surface area (Å²) < 4.78 is 7.19. The number of nitrogen functional groups attached to an aromatic ring is 1. The average molecular weight is 246 g/mol. The van der Waals surface area contributed by atoms with Gasteiger partial charge in [0, 0.05) is 12.1 Å². The second-order valence-electron chi connectivity index (χ2n) is 5.06. The van der Waals surface area contributed by atoms with E-state index in [0.717, 1.165) is 23.5 Å². The molecule has 3 rings (SSSR count). The average Bonchev–Trinajstić information content (AvgIpc) is 3.08. The number of pyridine rings is 1. The Kier molecular flexibility index (Phi) is 2.61. The van der Waals surface area contributed by atoms with Crippen LogP contribution in [0, 0.1) is 5.92 Å². The zero-order chi connectivity index (χ0) is 12.7. The first kappa shape index (κ1) is 11.3. The number of anilines is 1. The highest BCUT2D eigenvalue weighted by Gasteiger charge is 2.26. The van der Waals surface area contributed by atoms with Crippen LogP contribution in [0.2, 0.25) is 0 Å². The summed E-state index contributed by atoms with van der Waals surface area (Å²) in [6.07, 6.45) is 3.83. The number of nitrogens with zero attached hydrogens (tertiary/aromatic N) is 3. The molecule has 1 unspecified atom stereocenters. The molecule has 1 atom stereocenters. The van der Waals surface area contributed by atoms with Crippen LogP contribution >= 0.6 is 0 Å². The van der Waals surface area contributed by atoms with Crippen molar-refractivity contribution < 1.29 is 4.74 Å². The molecule has 1 aliphatic rings. The van der Waals surface area contributed by atoms with Gasteiger partial charge in [-0.2, -0.15) is 4.98 Å². The van der Waals surface area contributed by atoms with E-state index in [4.69, 9.17) is 10.5 Å². The van der Waals surface area contributed by atoms with Crippen LogP contribution in [0.1, 0.15) is 32.2 Å². The van der Waals surface area contributed by atoms with Gasteiger partial charge in [-0.25, -0.2) is 4.98 Å². The van der Waals surface area contributed by atoms with Gasteiger partial charge in [-0.15, -0.1) is 0 Å². The summed E-state index contributed by atoms with van der Waals surface area (Å²) in [5.41, 5.74) is 7.66. The van der Waals surface area contributed by atoms with Crippen molar-refractivity contribution in [3.05, 3.63) is 12.1 Å². The Morgan fingerprint density at radius 1 is 1.44 bits per heavy atom. The van der Waals surface area contributed by atoms with Gasteiger partial charge in [0.25, 0.3) is 0 Å². The molecule has 0 bridgehead atoms. The van der Waals surface area contributed by atoms with Gasteiger partial charge in [-0.1, -0.05) is 12.8 Å². The van der Waals surface area contributed by atoms with Gasteiger partial charge in [0.15, 0.2) is 5.65 Å². The number of nitrogens with two attached hydrogens (primary N) is 1. The summed E-state index contributed by atoms with van der Waals surface area (Å²) in [5, 5.41) is 0. The normalized spacial score (nSPS) is 17.0. The predicted molar refractivity (Wildman–Crippen MR) is 70.5 cm³/mol. The summed E-state index contributed by atoms with van der Waals surface area (Å²) in [6.45, 7) is 2.18. The molecule has 1 fully saturated rings. The van der Waals surface area contributed by atoms with Gasteiger partial charge in [-0.05, 0) is 25.3 Å². The van der Waals surface area contributed by atoms with Gasteiger partial charge in [0.1, 0.15) is 5.52 Å². The lowest BCUT2D eigenvalue weighted by atomic mass is 10.1. The second-order valence-corrected chi connectivity index (χ2v) is 5.06. The fraction of sp³-hybridized carbons (Fsp3) is 0.538. The minimum atomic E-state index is 0.335. The third kappa shape index (κ3) is 1.89. The van der Waals surface area contributed by atoms with E-state index in [1.165, 1.54) is 12.8 Å². The number of imidazole rings is 1. The van der Waals surface area contributed by atoms with Crippen LogP contribution in [0.15, 0.2) is 12.1 Å². The number of hydrogen-bond donors (Lipinski definition) is 1. The highest BCUT2D eigenvalue weighted by molar-refractivity contribution is 5.75. The maximum atomic E-state index is 6.01. The van der Waals surface area contributed by atoms with Crippen molar-refractivity contribution in [1.29, 1.82) is 0 Å². The van der Waals surface area contributed by atoms with Gasteiger partial charge < -0.3 is 10.5 Å². The number of fused-ring (bicyclic) bond motifs is 1. The maximum absolute atomic E-state index is 6.01. The van der Waals surface area contributed by atoms with Gasteiger partial charge >= 0.3 is 0 Å². The summed E-state index contributed by atoms with van der Waals surface area (Å²) in [4.78, 5) is 8.82. The molecular weight excluding hydrogens is 228 g/mol. The van der Waals surface area contributed by atoms with Crippen molar-refractivity contribution in [2.24, 2.45) is 5.92 Å². The number of ether oxygens (including phenoxy) is 1. The van der Waals surface area contributed by atoms with E-state index in [9.17, 15) is 0 Å². The van der Waals surface area contributed by atoms with Crippen LogP contribution in [0.5, 0.6) is 5.88 Å². The SMILES string of the molecule is COc1ccc2nc(N)n(C(C)CC3CC3)c2n1. The summed E-state index contributed by atoms with van der Waals surface area (Å²) >= 11 is 0. The molecular formula is C13H18N4O. The summed E-state index contributed by atoms with van der Waals surface area (Å²) in [7, 11) is 1.62. The van der Waals surface area contributed by atoms with Crippen molar-refractivity contribution in [3.63, 3.8) is 0 Å². The van der Waals surface area contributed by atoms with Crippen molar-refractivity contribution >= 4 is 17.1 Å². The van der Waals surface area contributed by atoms with E-state index in [-0.39, 0.29) is 0 Å². The number of methoxy groups -OCH3 is 1. The number of aromatic nitrogens is 3. The van der Waals surface area contributed by atoms with Crippen LogP contribution < -0.4 is 10.5 Å². The monoisotopic (exact) mass is 246 g/mol. The van der Waals surface area contributed by atoms with Crippen molar-refractivity contribution in [2.75, 3.05) is 12.8 Å². The molecule has 0 aliphatic heterocycles. The second kappa shape index (κ2) is 4.15. The Bertz CT molecular complexity index is 574. The van der Waals surface area contributed by atoms with Crippen LogP contribution in [0.25, 0.3) is 11.2 Å². The first-order valence-electron chi connectivity index (χ1n) is 6.37. The molecule has 2 aromatic rings. The van der Waals surface area contributed by atoms with Crippen molar-refractivity contribution in [1.82, 2.24) is 14.5 Å². The fourth-order valence-corrected chi connectivity index (χ4v) is 2.46. The Morgan fingerprint density at radius 3 is 2.89 bits per heavy atom. The Balaban J connectivity index is 2.04. The quantitative estimate of drug-likeness (QED) is 0.899. The van der Waals surface area contributed by atoms with E-state index in [1.54, 1.807) is 7.11 Å². The minimum absolute atomic E-state index is 0.335. The van der Waals surface area contributed by atoms with Gasteiger partial charge in [0.05, 0.1) is 7.11 Å². The van der Waals surface area contributed by atoms with Crippen molar-refractivity contribution in [2.45, 2.75) is 32.2 Å². The molecule has 1 aliphatic carbocycles. The van der Waals surface area contributed by atoms with E-state index in [1.807, 2.05) is 16.7 Å². The molecule has 0 saturated heterocycles. The molecule has 2 aromatic heterocycles. The molecule has 96 valence electrons. The Morgan fingerprint density at radius 2 is 2.22 bits per heavy atom. The first-order valence-corrected chi connectivity index (χ1v) is 6.37. The summed E-state index contributed by atoms with van der Waals surface area (Å²) in [5.74, 6) is 1.99. The van der Waals surface area contributed by atoms with Gasteiger partial charge in [-0.3, -0.25) is 4.57 Å². The molecule has 0 aromatic carbocycles. The molecule has 0 amide bonds. The van der Waals surface area contributed by atoms with Crippen LogP contribution in [-0.4, -0.2) is 21.6 Å². The lowest BCUT2D eigenvalue weighted by molar-refractivity contribution is 0.398. The highest BCUT2D eigenvalue weighted by atomic mass is 16.5. The largest absolute Gasteiger partial charge is 0.481 e. The first-order chi connectivity index (χ1) is 8.69.